The first-order valence-electron chi connectivity index (χ1n) is 8.73. The van der Waals surface area contributed by atoms with Crippen LogP contribution in [0.4, 0.5) is 24.7 Å². The summed E-state index contributed by atoms with van der Waals surface area (Å²) in [6.07, 6.45) is -3.43. The van der Waals surface area contributed by atoms with Crippen LogP contribution in [0.1, 0.15) is 39.7 Å². The van der Waals surface area contributed by atoms with Crippen molar-refractivity contribution in [3.05, 3.63) is 36.0 Å². The van der Waals surface area contributed by atoms with Crippen molar-refractivity contribution < 1.29 is 22.6 Å². The molecule has 0 fully saturated rings. The van der Waals surface area contributed by atoms with Gasteiger partial charge in [-0.05, 0) is 39.3 Å². The molecule has 1 aromatic carbocycles. The Kier molecular flexibility index (Phi) is 6.51. The fourth-order valence-electron chi connectivity index (χ4n) is 2.33. The average molecular weight is 383 g/mol. The van der Waals surface area contributed by atoms with Gasteiger partial charge in [-0.1, -0.05) is 19.1 Å². The number of anilines is 2. The maximum absolute atomic E-state index is 13.5. The molecule has 8 heteroatoms. The molecular formula is C19H24F3N3O2. The number of para-hydroxylation sites is 2. The van der Waals surface area contributed by atoms with E-state index in [1.807, 2.05) is 13.8 Å². The number of hydrogen-bond acceptors (Lipinski definition) is 5. The van der Waals surface area contributed by atoms with Crippen LogP contribution in [0.15, 0.2) is 30.5 Å². The average Bonchev–Trinajstić information content (AvgIpc) is 2.60. The fraction of sp³-hybridized carbons (Fsp3) is 0.474. The molecule has 1 atom stereocenters. The highest BCUT2D eigenvalue weighted by atomic mass is 19.4. The maximum Gasteiger partial charge on any atom is 0.421 e. The third-order valence-electron chi connectivity index (χ3n) is 3.84. The molecule has 0 bridgehead atoms. The van der Waals surface area contributed by atoms with Crippen LogP contribution in [0, 0.1) is 0 Å². The number of ether oxygens (including phenoxy) is 2. The number of nitrogens with zero attached hydrogens (tertiary/aromatic N) is 3. The van der Waals surface area contributed by atoms with Crippen LogP contribution < -0.4 is 14.4 Å². The summed E-state index contributed by atoms with van der Waals surface area (Å²) in [6, 6.07) is 6.80. The van der Waals surface area contributed by atoms with E-state index in [2.05, 4.69) is 9.97 Å². The minimum atomic E-state index is -4.60. The van der Waals surface area contributed by atoms with Crippen molar-refractivity contribution in [2.75, 3.05) is 11.9 Å². The van der Waals surface area contributed by atoms with Crippen molar-refractivity contribution in [1.82, 2.24) is 9.97 Å². The lowest BCUT2D eigenvalue weighted by Gasteiger charge is -2.25. The zero-order chi connectivity index (χ0) is 20.2. The van der Waals surface area contributed by atoms with Crippen LogP contribution >= 0.6 is 0 Å². The van der Waals surface area contributed by atoms with Gasteiger partial charge in [-0.3, -0.25) is 0 Å². The molecule has 0 saturated carbocycles. The van der Waals surface area contributed by atoms with Crippen molar-refractivity contribution in [3.8, 4) is 11.8 Å². The third-order valence-corrected chi connectivity index (χ3v) is 3.84. The maximum atomic E-state index is 13.5. The SMILES string of the molecule is CCC(C)Oc1ccccc1N(C)c1nc(OC(C)C)ncc1C(F)(F)F. The number of aromatic nitrogens is 2. The normalized spacial score (nSPS) is 12.8. The van der Waals surface area contributed by atoms with E-state index in [0.717, 1.165) is 12.6 Å². The van der Waals surface area contributed by atoms with E-state index < -0.39 is 11.7 Å². The minimum Gasteiger partial charge on any atom is -0.489 e. The molecule has 1 aromatic heterocycles. The second-order valence-electron chi connectivity index (χ2n) is 6.42. The summed E-state index contributed by atoms with van der Waals surface area (Å²) in [7, 11) is 1.51. The molecule has 0 radical (unpaired) electrons. The van der Waals surface area contributed by atoms with Crippen LogP contribution in [0.5, 0.6) is 11.8 Å². The van der Waals surface area contributed by atoms with Crippen LogP contribution in [-0.2, 0) is 6.18 Å². The van der Waals surface area contributed by atoms with Gasteiger partial charge in [-0.15, -0.1) is 0 Å². The summed E-state index contributed by atoms with van der Waals surface area (Å²) in [5.74, 6) is 0.181. The van der Waals surface area contributed by atoms with Crippen LogP contribution in [0.25, 0.3) is 0 Å². The summed E-state index contributed by atoms with van der Waals surface area (Å²) in [5, 5.41) is 0. The summed E-state index contributed by atoms with van der Waals surface area (Å²) in [6.45, 7) is 7.37. The van der Waals surface area contributed by atoms with Gasteiger partial charge in [0.1, 0.15) is 11.3 Å². The first-order valence-corrected chi connectivity index (χ1v) is 8.73. The van der Waals surface area contributed by atoms with E-state index in [1.165, 1.54) is 11.9 Å². The van der Waals surface area contributed by atoms with Crippen molar-refractivity contribution >= 4 is 11.5 Å². The third kappa shape index (κ3) is 5.24. The lowest BCUT2D eigenvalue weighted by molar-refractivity contribution is -0.137. The molecule has 148 valence electrons. The van der Waals surface area contributed by atoms with E-state index in [4.69, 9.17) is 9.47 Å². The highest BCUT2D eigenvalue weighted by molar-refractivity contribution is 5.68. The molecule has 0 amide bonds. The molecule has 0 aliphatic carbocycles. The summed E-state index contributed by atoms with van der Waals surface area (Å²) in [5.41, 5.74) is -0.475. The first kappa shape index (κ1) is 20.8. The van der Waals surface area contributed by atoms with E-state index in [1.54, 1.807) is 38.1 Å². The molecule has 0 aliphatic rings. The topological polar surface area (TPSA) is 47.5 Å². The molecule has 0 aliphatic heterocycles. The molecule has 0 saturated heterocycles. The molecular weight excluding hydrogens is 359 g/mol. The minimum absolute atomic E-state index is 0.0770. The Balaban J connectivity index is 2.52. The van der Waals surface area contributed by atoms with Gasteiger partial charge in [0.05, 0.1) is 17.9 Å². The molecule has 2 rings (SSSR count). The van der Waals surface area contributed by atoms with E-state index >= 15 is 0 Å². The van der Waals surface area contributed by atoms with Crippen LogP contribution in [0.2, 0.25) is 0 Å². The van der Waals surface area contributed by atoms with Gasteiger partial charge in [0, 0.05) is 13.2 Å². The van der Waals surface area contributed by atoms with E-state index in [-0.39, 0.29) is 24.0 Å². The number of benzene rings is 1. The number of hydrogen-bond donors (Lipinski definition) is 0. The fourth-order valence-corrected chi connectivity index (χ4v) is 2.33. The van der Waals surface area contributed by atoms with Crippen molar-refractivity contribution in [1.29, 1.82) is 0 Å². The molecule has 2 aromatic rings. The monoisotopic (exact) mass is 383 g/mol. The standard InChI is InChI=1S/C19H24F3N3O2/c1-6-13(4)27-16-10-8-7-9-15(16)25(5)17-14(19(20,21)22)11-23-18(24-17)26-12(2)3/h7-13H,6H2,1-5H3. The van der Waals surface area contributed by atoms with Gasteiger partial charge in [-0.2, -0.15) is 18.2 Å². The van der Waals surface area contributed by atoms with Gasteiger partial charge >= 0.3 is 12.2 Å². The molecule has 0 N–H and O–H groups in total. The molecule has 1 unspecified atom stereocenters. The molecule has 5 nitrogen and oxygen atoms in total. The predicted octanol–water partition coefficient (Wildman–Crippen LogP) is 5.23. The second-order valence-corrected chi connectivity index (χ2v) is 6.42. The molecule has 27 heavy (non-hydrogen) atoms. The Bertz CT molecular complexity index is 766. The molecule has 1 heterocycles. The highest BCUT2D eigenvalue weighted by Gasteiger charge is 2.37. The van der Waals surface area contributed by atoms with Gasteiger partial charge in [0.25, 0.3) is 0 Å². The zero-order valence-electron chi connectivity index (χ0n) is 16.0. The van der Waals surface area contributed by atoms with Gasteiger partial charge in [0.2, 0.25) is 0 Å². The number of halogens is 3. The largest absolute Gasteiger partial charge is 0.489 e. The number of rotatable bonds is 7. The Morgan fingerprint density at radius 2 is 1.78 bits per heavy atom. The molecule has 0 spiro atoms. The van der Waals surface area contributed by atoms with Crippen molar-refractivity contribution in [3.63, 3.8) is 0 Å². The van der Waals surface area contributed by atoms with Crippen molar-refractivity contribution in [2.45, 2.75) is 52.5 Å². The Morgan fingerprint density at radius 3 is 2.37 bits per heavy atom. The summed E-state index contributed by atoms with van der Waals surface area (Å²) < 4.78 is 51.7. The zero-order valence-corrected chi connectivity index (χ0v) is 16.0. The highest BCUT2D eigenvalue weighted by Crippen LogP contribution is 2.40. The summed E-state index contributed by atoms with van der Waals surface area (Å²) >= 11 is 0. The summed E-state index contributed by atoms with van der Waals surface area (Å²) in [4.78, 5) is 9.05. The Morgan fingerprint density at radius 1 is 1.11 bits per heavy atom. The lowest BCUT2D eigenvalue weighted by Crippen LogP contribution is -2.21. The van der Waals surface area contributed by atoms with E-state index in [0.29, 0.717) is 11.4 Å². The first-order chi connectivity index (χ1) is 12.6. The van der Waals surface area contributed by atoms with Gasteiger partial charge in [0.15, 0.2) is 5.82 Å². The lowest BCUT2D eigenvalue weighted by atomic mass is 10.2. The quantitative estimate of drug-likeness (QED) is 0.655. The van der Waals surface area contributed by atoms with Gasteiger partial charge in [-0.25, -0.2) is 4.98 Å². The predicted molar refractivity (Wildman–Crippen MR) is 97.7 cm³/mol. The Labute approximate surface area is 157 Å². The smallest absolute Gasteiger partial charge is 0.421 e. The van der Waals surface area contributed by atoms with Gasteiger partial charge < -0.3 is 14.4 Å². The van der Waals surface area contributed by atoms with Crippen molar-refractivity contribution in [2.24, 2.45) is 0 Å². The van der Waals surface area contributed by atoms with Crippen LogP contribution in [-0.4, -0.2) is 29.2 Å². The van der Waals surface area contributed by atoms with Crippen LogP contribution in [0.3, 0.4) is 0 Å². The van der Waals surface area contributed by atoms with E-state index in [9.17, 15) is 13.2 Å². The number of alkyl halides is 3. The second kappa shape index (κ2) is 8.45. The Hall–Kier alpha value is -2.51.